The fourth-order valence-electron chi connectivity index (χ4n) is 1.38. The maximum absolute atomic E-state index is 5.35. The van der Waals surface area contributed by atoms with Crippen molar-refractivity contribution in [2.45, 2.75) is 32.1 Å². The lowest BCUT2D eigenvalue weighted by Gasteiger charge is -2.09. The van der Waals surface area contributed by atoms with Crippen molar-refractivity contribution in [1.29, 1.82) is 0 Å². The second kappa shape index (κ2) is 5.47. The van der Waals surface area contributed by atoms with E-state index in [4.69, 9.17) is 6.42 Å². The number of rotatable bonds is 4. The Morgan fingerprint density at radius 1 is 1.62 bits per heavy atom. The van der Waals surface area contributed by atoms with Crippen LogP contribution in [0.2, 0.25) is 0 Å². The largest absolute Gasteiger partial charge is 0.133 e. The standard InChI is InChI=1S/C11H13BrS/c1-3-5-9(6-4-2)10-7-8-11(12)13-10/h1,7-9H,4-6H2,2H3. The van der Waals surface area contributed by atoms with E-state index in [1.54, 1.807) is 11.3 Å². The summed E-state index contributed by atoms with van der Waals surface area (Å²) in [6, 6.07) is 4.27. The molecule has 70 valence electrons. The van der Waals surface area contributed by atoms with E-state index < -0.39 is 0 Å². The first-order chi connectivity index (χ1) is 6.27. The molecule has 1 aromatic rings. The Bertz CT molecular complexity index is 295. The fourth-order valence-corrected chi connectivity index (χ4v) is 2.94. The van der Waals surface area contributed by atoms with Crippen LogP contribution in [0.5, 0.6) is 0 Å². The maximum Gasteiger partial charge on any atom is 0.0701 e. The van der Waals surface area contributed by atoms with Gasteiger partial charge < -0.3 is 0 Å². The van der Waals surface area contributed by atoms with Gasteiger partial charge >= 0.3 is 0 Å². The third kappa shape index (κ3) is 3.17. The van der Waals surface area contributed by atoms with Gasteiger partial charge in [-0.15, -0.1) is 23.7 Å². The molecule has 0 spiro atoms. The quantitative estimate of drug-likeness (QED) is 0.700. The molecule has 1 aromatic heterocycles. The smallest absolute Gasteiger partial charge is 0.0701 e. The highest BCUT2D eigenvalue weighted by Crippen LogP contribution is 2.32. The van der Waals surface area contributed by atoms with Gasteiger partial charge in [-0.05, 0) is 34.5 Å². The third-order valence-corrected chi connectivity index (χ3v) is 3.78. The van der Waals surface area contributed by atoms with Gasteiger partial charge in [-0.25, -0.2) is 0 Å². The molecule has 0 amide bonds. The first-order valence-corrected chi connectivity index (χ1v) is 6.07. The zero-order valence-corrected chi connectivity index (χ0v) is 10.1. The monoisotopic (exact) mass is 256 g/mol. The van der Waals surface area contributed by atoms with Crippen molar-refractivity contribution in [1.82, 2.24) is 0 Å². The van der Waals surface area contributed by atoms with Gasteiger partial charge in [0.15, 0.2) is 0 Å². The van der Waals surface area contributed by atoms with Gasteiger partial charge in [0.25, 0.3) is 0 Å². The number of hydrogen-bond acceptors (Lipinski definition) is 1. The zero-order valence-electron chi connectivity index (χ0n) is 7.72. The predicted molar refractivity (Wildman–Crippen MR) is 63.1 cm³/mol. The topological polar surface area (TPSA) is 0 Å². The van der Waals surface area contributed by atoms with E-state index in [1.807, 2.05) is 0 Å². The summed E-state index contributed by atoms with van der Waals surface area (Å²) < 4.78 is 1.20. The molecular formula is C11H13BrS. The zero-order chi connectivity index (χ0) is 9.68. The summed E-state index contributed by atoms with van der Waals surface area (Å²) >= 11 is 5.27. The van der Waals surface area contributed by atoms with Gasteiger partial charge in [0, 0.05) is 17.2 Å². The molecule has 1 atom stereocenters. The molecule has 0 aliphatic carbocycles. The molecule has 0 aliphatic heterocycles. The average Bonchev–Trinajstić information content (AvgIpc) is 2.51. The first kappa shape index (κ1) is 10.8. The molecule has 1 heterocycles. The molecule has 0 nitrogen and oxygen atoms in total. The van der Waals surface area contributed by atoms with Crippen molar-refractivity contribution in [2.24, 2.45) is 0 Å². The Morgan fingerprint density at radius 3 is 2.85 bits per heavy atom. The van der Waals surface area contributed by atoms with Gasteiger partial charge in [0.05, 0.1) is 3.79 Å². The summed E-state index contributed by atoms with van der Waals surface area (Å²) in [6.07, 6.45) is 8.60. The van der Waals surface area contributed by atoms with E-state index in [9.17, 15) is 0 Å². The molecule has 1 unspecified atom stereocenters. The number of halogens is 1. The van der Waals surface area contributed by atoms with E-state index in [-0.39, 0.29) is 0 Å². The molecule has 0 aliphatic rings. The fraction of sp³-hybridized carbons (Fsp3) is 0.455. The highest BCUT2D eigenvalue weighted by Gasteiger charge is 2.11. The van der Waals surface area contributed by atoms with Gasteiger partial charge in [0.2, 0.25) is 0 Å². The van der Waals surface area contributed by atoms with Crippen LogP contribution in [0.1, 0.15) is 37.0 Å². The van der Waals surface area contributed by atoms with Crippen molar-refractivity contribution in [3.05, 3.63) is 20.8 Å². The molecule has 0 aromatic carbocycles. The van der Waals surface area contributed by atoms with E-state index >= 15 is 0 Å². The van der Waals surface area contributed by atoms with Crippen molar-refractivity contribution >= 4 is 27.3 Å². The van der Waals surface area contributed by atoms with Crippen LogP contribution in [0.4, 0.5) is 0 Å². The van der Waals surface area contributed by atoms with Gasteiger partial charge in [-0.2, -0.15) is 0 Å². The molecule has 0 saturated carbocycles. The maximum atomic E-state index is 5.35. The van der Waals surface area contributed by atoms with Crippen LogP contribution >= 0.6 is 27.3 Å². The van der Waals surface area contributed by atoms with Crippen LogP contribution in [0.15, 0.2) is 15.9 Å². The molecule has 2 heteroatoms. The Kier molecular flexibility index (Phi) is 4.55. The Labute approximate surface area is 92.5 Å². The van der Waals surface area contributed by atoms with Crippen LogP contribution in [-0.2, 0) is 0 Å². The molecule has 0 fully saturated rings. The third-order valence-electron chi connectivity index (χ3n) is 2.00. The molecule has 0 saturated heterocycles. The highest BCUT2D eigenvalue weighted by molar-refractivity contribution is 9.11. The molecule has 0 N–H and O–H groups in total. The van der Waals surface area contributed by atoms with Crippen LogP contribution in [-0.4, -0.2) is 0 Å². The van der Waals surface area contributed by atoms with Gasteiger partial charge in [-0.3, -0.25) is 0 Å². The summed E-state index contributed by atoms with van der Waals surface area (Å²) in [5.41, 5.74) is 0. The molecule has 0 radical (unpaired) electrons. The number of hydrogen-bond donors (Lipinski definition) is 0. The Morgan fingerprint density at radius 2 is 2.38 bits per heavy atom. The molecule has 0 bridgehead atoms. The van der Waals surface area contributed by atoms with Crippen LogP contribution in [0.25, 0.3) is 0 Å². The van der Waals surface area contributed by atoms with E-state index in [2.05, 4.69) is 40.9 Å². The van der Waals surface area contributed by atoms with Crippen LogP contribution in [0.3, 0.4) is 0 Å². The number of terminal acetylenes is 1. The van der Waals surface area contributed by atoms with E-state index in [0.29, 0.717) is 5.92 Å². The lowest BCUT2D eigenvalue weighted by Crippen LogP contribution is -1.93. The lowest BCUT2D eigenvalue weighted by atomic mass is 9.99. The van der Waals surface area contributed by atoms with Gasteiger partial charge in [-0.1, -0.05) is 13.3 Å². The van der Waals surface area contributed by atoms with E-state index in [1.165, 1.54) is 21.5 Å². The van der Waals surface area contributed by atoms with Crippen LogP contribution < -0.4 is 0 Å². The lowest BCUT2D eigenvalue weighted by molar-refractivity contribution is 0.638. The summed E-state index contributed by atoms with van der Waals surface area (Å²) in [7, 11) is 0. The van der Waals surface area contributed by atoms with Crippen molar-refractivity contribution in [2.75, 3.05) is 0 Å². The Balaban J connectivity index is 2.70. The highest BCUT2D eigenvalue weighted by atomic mass is 79.9. The summed E-state index contributed by atoms with van der Waals surface area (Å²) in [4.78, 5) is 1.41. The van der Waals surface area contributed by atoms with Gasteiger partial charge in [0.1, 0.15) is 0 Å². The number of thiophene rings is 1. The van der Waals surface area contributed by atoms with E-state index in [0.717, 1.165) is 6.42 Å². The minimum absolute atomic E-state index is 0.561. The second-order valence-electron chi connectivity index (χ2n) is 3.04. The first-order valence-electron chi connectivity index (χ1n) is 4.46. The SMILES string of the molecule is C#CCC(CCC)c1ccc(Br)s1. The summed E-state index contributed by atoms with van der Waals surface area (Å²) in [5.74, 6) is 3.31. The Hall–Kier alpha value is -0.260. The normalized spacial score (nSPS) is 12.4. The van der Waals surface area contributed by atoms with Crippen molar-refractivity contribution < 1.29 is 0 Å². The van der Waals surface area contributed by atoms with Crippen molar-refractivity contribution in [3.8, 4) is 12.3 Å². The molecule has 1 rings (SSSR count). The minimum Gasteiger partial charge on any atom is -0.133 e. The van der Waals surface area contributed by atoms with Crippen molar-refractivity contribution in [3.63, 3.8) is 0 Å². The molecule has 13 heavy (non-hydrogen) atoms. The molecular weight excluding hydrogens is 244 g/mol. The minimum atomic E-state index is 0.561. The summed E-state index contributed by atoms with van der Waals surface area (Å²) in [5, 5.41) is 0. The predicted octanol–water partition coefficient (Wildman–Crippen LogP) is 4.42. The van der Waals surface area contributed by atoms with Crippen LogP contribution in [0, 0.1) is 12.3 Å². The average molecular weight is 257 g/mol. The summed E-state index contributed by atoms with van der Waals surface area (Å²) in [6.45, 7) is 2.20. The second-order valence-corrected chi connectivity index (χ2v) is 5.53.